The number of esters is 1. The van der Waals surface area contributed by atoms with Crippen LogP contribution in [-0.2, 0) is 20.4 Å². The summed E-state index contributed by atoms with van der Waals surface area (Å²) < 4.78 is 16.4. The minimum atomic E-state index is -0.454. The average Bonchev–Trinajstić information content (AvgIpc) is 2.72. The first kappa shape index (κ1) is 17.6. The normalized spacial score (nSPS) is 12.6. The Labute approximate surface area is 161 Å². The van der Waals surface area contributed by atoms with Crippen LogP contribution in [0.2, 0.25) is 0 Å². The summed E-state index contributed by atoms with van der Waals surface area (Å²) in [5.74, 6) is 1.31. The molecule has 0 atom stereocenters. The van der Waals surface area contributed by atoms with Crippen LogP contribution in [-0.4, -0.2) is 26.3 Å². The van der Waals surface area contributed by atoms with Gasteiger partial charge in [-0.05, 0) is 36.4 Å². The summed E-state index contributed by atoms with van der Waals surface area (Å²) >= 11 is 0. The number of rotatable bonds is 5. The minimum Gasteiger partial charge on any atom is -0.460 e. The van der Waals surface area contributed by atoms with E-state index in [0.717, 1.165) is 26.2 Å². The van der Waals surface area contributed by atoms with Crippen LogP contribution in [0.4, 0.5) is 0 Å². The number of hydrogen-bond donors (Lipinski definition) is 0. The fourth-order valence-electron chi connectivity index (χ4n) is 2.99. The molecule has 0 aromatic heterocycles. The molecule has 136 valence electrons. The molecule has 0 radical (unpaired) electrons. The highest BCUT2D eigenvalue weighted by Gasteiger charge is 2.41. The smallest absolute Gasteiger partial charge is 0.343 e. The molecule has 4 nitrogen and oxygen atoms in total. The molecule has 0 saturated carbocycles. The van der Waals surface area contributed by atoms with Crippen LogP contribution >= 0.6 is 0 Å². The van der Waals surface area contributed by atoms with Crippen LogP contribution in [0.25, 0.3) is 0 Å². The van der Waals surface area contributed by atoms with Crippen LogP contribution in [0.3, 0.4) is 0 Å². The molecule has 5 heteroatoms. The molecule has 1 aliphatic rings. The van der Waals surface area contributed by atoms with Gasteiger partial charge in [-0.2, -0.15) is 0 Å². The van der Waals surface area contributed by atoms with E-state index in [-0.39, 0.29) is 12.6 Å². The lowest BCUT2D eigenvalue weighted by atomic mass is 10.2. The number of methoxy groups -OCH3 is 1. The van der Waals surface area contributed by atoms with Gasteiger partial charge in [0.05, 0.1) is 6.61 Å². The Morgan fingerprint density at radius 1 is 0.815 bits per heavy atom. The largest absolute Gasteiger partial charge is 0.460 e. The van der Waals surface area contributed by atoms with Crippen molar-refractivity contribution in [1.29, 1.82) is 0 Å². The first-order chi connectivity index (χ1) is 13.3. The maximum Gasteiger partial charge on any atom is 0.343 e. The zero-order chi connectivity index (χ0) is 18.6. The molecule has 27 heavy (non-hydrogen) atoms. The van der Waals surface area contributed by atoms with Crippen molar-refractivity contribution in [3.8, 4) is 11.5 Å². The second-order valence-electron chi connectivity index (χ2n) is 5.93. The lowest BCUT2D eigenvalue weighted by Crippen LogP contribution is -2.17. The van der Waals surface area contributed by atoms with Crippen LogP contribution in [0.1, 0.15) is 10.4 Å². The average molecular weight is 379 g/mol. The van der Waals surface area contributed by atoms with Gasteiger partial charge < -0.3 is 14.2 Å². The zero-order valence-corrected chi connectivity index (χ0v) is 15.7. The van der Waals surface area contributed by atoms with Gasteiger partial charge in [0.25, 0.3) is 0 Å². The molecule has 0 fully saturated rings. The third-order valence-electron chi connectivity index (χ3n) is 4.21. The van der Waals surface area contributed by atoms with E-state index in [1.807, 2.05) is 60.7 Å². The summed E-state index contributed by atoms with van der Waals surface area (Å²) in [5.41, 5.74) is 0.573. The lowest BCUT2D eigenvalue weighted by molar-refractivity contribution is 0.0384. The molecule has 1 aliphatic heterocycles. The fourth-order valence-corrected chi connectivity index (χ4v) is 5.34. The fraction of sp³-hybridized carbons (Fsp3) is 0.136. The number of carbonyl (C=O) groups is 1. The SMILES string of the molecule is COCCOC(=O)c1ccccc1[S+]1c2ccccc2Oc2ccccc21. The van der Waals surface area contributed by atoms with Gasteiger partial charge in [-0.25, -0.2) is 4.79 Å². The summed E-state index contributed by atoms with van der Waals surface area (Å²) in [7, 11) is 1.13. The van der Waals surface area contributed by atoms with Crippen molar-refractivity contribution in [2.45, 2.75) is 14.7 Å². The second kappa shape index (κ2) is 7.86. The molecule has 0 unspecified atom stereocenters. The standard InChI is InChI=1S/C22H19O4S/c1-24-14-15-25-22(23)16-8-2-5-11-19(16)27-20-12-6-3-9-17(20)26-18-10-4-7-13-21(18)27/h2-13H,14-15H2,1H3/q+1. The van der Waals surface area contributed by atoms with Crippen molar-refractivity contribution in [1.82, 2.24) is 0 Å². The van der Waals surface area contributed by atoms with Crippen LogP contribution in [0.15, 0.2) is 87.5 Å². The van der Waals surface area contributed by atoms with Crippen molar-refractivity contribution < 1.29 is 19.0 Å². The predicted octanol–water partition coefficient (Wildman–Crippen LogP) is 4.69. The minimum absolute atomic E-state index is 0.230. The molecule has 0 saturated heterocycles. The summed E-state index contributed by atoms with van der Waals surface area (Å²) in [6.45, 7) is 0.604. The molecule has 0 spiro atoms. The van der Waals surface area contributed by atoms with Crippen molar-refractivity contribution in [3.63, 3.8) is 0 Å². The van der Waals surface area contributed by atoms with Crippen molar-refractivity contribution in [3.05, 3.63) is 78.4 Å². The molecule has 0 aliphatic carbocycles. The van der Waals surface area contributed by atoms with Crippen LogP contribution in [0, 0.1) is 0 Å². The van der Waals surface area contributed by atoms with E-state index in [1.54, 1.807) is 7.11 Å². The van der Waals surface area contributed by atoms with Gasteiger partial charge in [0.1, 0.15) is 23.1 Å². The van der Waals surface area contributed by atoms with Gasteiger partial charge >= 0.3 is 5.97 Å². The molecule has 3 aromatic rings. The Balaban J connectivity index is 1.81. The van der Waals surface area contributed by atoms with E-state index in [9.17, 15) is 4.79 Å². The number of hydrogen-bond acceptors (Lipinski definition) is 4. The van der Waals surface area contributed by atoms with Gasteiger partial charge in [0.2, 0.25) is 9.79 Å². The zero-order valence-electron chi connectivity index (χ0n) is 14.9. The number of para-hydroxylation sites is 2. The molecule has 0 N–H and O–H groups in total. The van der Waals surface area contributed by atoms with Gasteiger partial charge in [0, 0.05) is 7.11 Å². The number of benzene rings is 3. The summed E-state index contributed by atoms with van der Waals surface area (Å²) in [5, 5.41) is 0. The van der Waals surface area contributed by atoms with Crippen molar-refractivity contribution >= 4 is 16.9 Å². The second-order valence-corrected chi connectivity index (χ2v) is 7.86. The quantitative estimate of drug-likeness (QED) is 0.287. The molecular formula is C22H19O4S+. The Kier molecular flexibility index (Phi) is 5.14. The van der Waals surface area contributed by atoms with Crippen LogP contribution < -0.4 is 4.74 Å². The topological polar surface area (TPSA) is 44.8 Å². The van der Waals surface area contributed by atoms with Gasteiger partial charge in [-0.15, -0.1) is 0 Å². The first-order valence-electron chi connectivity index (χ1n) is 8.65. The van der Waals surface area contributed by atoms with Gasteiger partial charge in [-0.1, -0.05) is 36.4 Å². The van der Waals surface area contributed by atoms with E-state index in [2.05, 4.69) is 12.1 Å². The Morgan fingerprint density at radius 3 is 2.00 bits per heavy atom. The van der Waals surface area contributed by atoms with E-state index in [4.69, 9.17) is 14.2 Å². The number of carbonyl (C=O) groups excluding carboxylic acids is 1. The maximum absolute atomic E-state index is 12.7. The number of ether oxygens (including phenoxy) is 3. The summed E-state index contributed by atoms with van der Waals surface area (Å²) in [6, 6.07) is 23.6. The predicted molar refractivity (Wildman–Crippen MR) is 104 cm³/mol. The van der Waals surface area contributed by atoms with E-state index < -0.39 is 10.9 Å². The van der Waals surface area contributed by atoms with Crippen LogP contribution in [0.5, 0.6) is 11.5 Å². The molecule has 4 rings (SSSR count). The molecule has 1 heterocycles. The summed E-state index contributed by atoms with van der Waals surface area (Å²) in [6.07, 6.45) is 0. The highest BCUT2D eigenvalue weighted by atomic mass is 32.2. The lowest BCUT2D eigenvalue weighted by Gasteiger charge is -2.20. The Bertz CT molecular complexity index is 924. The number of fused-ring (bicyclic) bond motifs is 2. The van der Waals surface area contributed by atoms with Crippen molar-refractivity contribution in [2.24, 2.45) is 0 Å². The first-order valence-corrected chi connectivity index (χ1v) is 9.87. The van der Waals surface area contributed by atoms with Crippen molar-refractivity contribution in [2.75, 3.05) is 20.3 Å². The van der Waals surface area contributed by atoms with E-state index in [0.29, 0.717) is 12.2 Å². The molecular weight excluding hydrogens is 360 g/mol. The maximum atomic E-state index is 12.7. The van der Waals surface area contributed by atoms with Gasteiger partial charge in [-0.3, -0.25) is 0 Å². The molecule has 0 amide bonds. The summed E-state index contributed by atoms with van der Waals surface area (Å²) in [4.78, 5) is 15.8. The Hall–Kier alpha value is -2.76. The Morgan fingerprint density at radius 2 is 1.37 bits per heavy atom. The highest BCUT2D eigenvalue weighted by molar-refractivity contribution is 7.97. The van der Waals surface area contributed by atoms with Gasteiger partial charge in [0.15, 0.2) is 16.4 Å². The molecule has 0 bridgehead atoms. The third kappa shape index (κ3) is 3.44. The van der Waals surface area contributed by atoms with E-state index in [1.165, 1.54) is 0 Å². The third-order valence-corrected chi connectivity index (χ3v) is 6.56. The highest BCUT2D eigenvalue weighted by Crippen LogP contribution is 2.47. The monoisotopic (exact) mass is 379 g/mol. The van der Waals surface area contributed by atoms with E-state index >= 15 is 0 Å². The molecule has 3 aromatic carbocycles.